The zero-order chi connectivity index (χ0) is 21.4. The highest BCUT2D eigenvalue weighted by atomic mass is 35.5. The van der Waals surface area contributed by atoms with E-state index < -0.39 is 16.1 Å². The molecule has 3 aromatic rings. The van der Waals surface area contributed by atoms with E-state index in [-0.39, 0.29) is 10.6 Å². The van der Waals surface area contributed by atoms with Crippen LogP contribution < -0.4 is 4.90 Å². The molecule has 0 atom stereocenters. The number of benzene rings is 2. The van der Waals surface area contributed by atoms with Crippen molar-refractivity contribution in [2.24, 2.45) is 0 Å². The second-order valence-electron chi connectivity index (χ2n) is 6.45. The molecule has 0 spiro atoms. The van der Waals surface area contributed by atoms with Crippen LogP contribution in [0.3, 0.4) is 0 Å². The molecule has 0 bridgehead atoms. The Labute approximate surface area is 180 Å². The van der Waals surface area contributed by atoms with Crippen molar-refractivity contribution >= 4 is 52.0 Å². The number of carbonyl (C=O) groups excluding carboxylic acids is 2. The zero-order valence-corrected chi connectivity index (χ0v) is 17.1. The second kappa shape index (κ2) is 7.81. The van der Waals surface area contributed by atoms with Crippen LogP contribution in [-0.4, -0.2) is 16.1 Å². The molecule has 2 amide bonds. The van der Waals surface area contributed by atoms with Gasteiger partial charge in [-0.3, -0.25) is 19.7 Å². The van der Waals surface area contributed by atoms with Gasteiger partial charge in [-0.1, -0.05) is 17.7 Å². The van der Waals surface area contributed by atoms with E-state index in [2.05, 4.69) is 0 Å². The maximum Gasteiger partial charge on any atom is 0.298 e. The Morgan fingerprint density at radius 2 is 1.83 bits per heavy atom. The minimum absolute atomic E-state index is 0.0439. The van der Waals surface area contributed by atoms with Gasteiger partial charge >= 0.3 is 0 Å². The van der Waals surface area contributed by atoms with Gasteiger partial charge < -0.3 is 4.42 Å². The van der Waals surface area contributed by atoms with E-state index in [9.17, 15) is 19.7 Å². The third-order valence-electron chi connectivity index (χ3n) is 4.48. The minimum atomic E-state index is -0.473. The number of halogens is 1. The number of nitro benzene ring substituents is 1. The molecule has 0 N–H and O–H groups in total. The van der Waals surface area contributed by atoms with Crippen LogP contribution in [0, 0.1) is 17.0 Å². The summed E-state index contributed by atoms with van der Waals surface area (Å²) in [5.41, 5.74) is 1.78. The molecule has 1 aliphatic rings. The highest BCUT2D eigenvalue weighted by Gasteiger charge is 2.36. The van der Waals surface area contributed by atoms with Gasteiger partial charge in [0.15, 0.2) is 0 Å². The van der Waals surface area contributed by atoms with Gasteiger partial charge in [-0.2, -0.15) is 0 Å². The molecule has 0 radical (unpaired) electrons. The first-order valence-electron chi connectivity index (χ1n) is 8.72. The fourth-order valence-corrected chi connectivity index (χ4v) is 3.92. The number of furan rings is 1. The Morgan fingerprint density at radius 1 is 1.10 bits per heavy atom. The molecule has 9 heteroatoms. The topological polar surface area (TPSA) is 93.7 Å². The first-order chi connectivity index (χ1) is 14.3. The maximum absolute atomic E-state index is 12.7. The molecule has 7 nitrogen and oxygen atoms in total. The number of hydrogen-bond acceptors (Lipinski definition) is 6. The predicted octanol–water partition coefficient (Wildman–Crippen LogP) is 6.06. The summed E-state index contributed by atoms with van der Waals surface area (Å²) in [5, 5.41) is 11.1. The molecule has 150 valence electrons. The van der Waals surface area contributed by atoms with Gasteiger partial charge in [-0.15, -0.1) is 0 Å². The number of imide groups is 1. The van der Waals surface area contributed by atoms with Crippen LogP contribution in [0.25, 0.3) is 17.4 Å². The SMILES string of the molecule is Cc1ccc([N+](=O)[O-])cc1-c1ccc(/C=C2/SC(=O)N(c3ccc(Cl)cc3)C2=O)o1. The van der Waals surface area contributed by atoms with Crippen molar-refractivity contribution in [3.63, 3.8) is 0 Å². The van der Waals surface area contributed by atoms with E-state index in [1.807, 2.05) is 6.92 Å². The molecule has 0 unspecified atom stereocenters. The summed E-state index contributed by atoms with van der Waals surface area (Å²) < 4.78 is 5.78. The first-order valence-corrected chi connectivity index (χ1v) is 9.92. The van der Waals surface area contributed by atoms with E-state index in [0.717, 1.165) is 22.2 Å². The summed E-state index contributed by atoms with van der Waals surface area (Å²) in [6, 6.07) is 14.2. The van der Waals surface area contributed by atoms with Crippen molar-refractivity contribution < 1.29 is 18.9 Å². The molecule has 1 aliphatic heterocycles. The van der Waals surface area contributed by atoms with Crippen molar-refractivity contribution in [3.05, 3.63) is 86.0 Å². The lowest BCUT2D eigenvalue weighted by molar-refractivity contribution is -0.384. The fourth-order valence-electron chi connectivity index (χ4n) is 2.97. The standard InChI is InChI=1S/C21H13ClN2O5S/c1-12-2-5-15(24(27)28)10-17(12)18-9-8-16(29-18)11-19-20(25)23(21(26)30-19)14-6-3-13(22)4-7-14/h2-11H,1H3/b19-11+. The monoisotopic (exact) mass is 440 g/mol. The number of hydrogen-bond donors (Lipinski definition) is 0. The van der Waals surface area contributed by atoms with E-state index in [1.165, 1.54) is 18.2 Å². The number of anilines is 1. The van der Waals surface area contributed by atoms with Crippen molar-refractivity contribution in [1.29, 1.82) is 0 Å². The van der Waals surface area contributed by atoms with Gasteiger partial charge in [-0.05, 0) is 60.6 Å². The smallest absolute Gasteiger partial charge is 0.298 e. The fraction of sp³-hybridized carbons (Fsp3) is 0.0476. The van der Waals surface area contributed by atoms with Crippen molar-refractivity contribution in [2.75, 3.05) is 4.90 Å². The summed E-state index contributed by atoms with van der Waals surface area (Å²) in [7, 11) is 0. The largest absolute Gasteiger partial charge is 0.457 e. The number of nitrogens with zero attached hydrogens (tertiary/aromatic N) is 2. The molecule has 1 aromatic heterocycles. The molecule has 4 rings (SSSR count). The van der Waals surface area contributed by atoms with Gasteiger partial charge in [0, 0.05) is 28.8 Å². The van der Waals surface area contributed by atoms with Crippen LogP contribution in [-0.2, 0) is 4.79 Å². The molecule has 1 saturated heterocycles. The lowest BCUT2D eigenvalue weighted by atomic mass is 10.1. The number of carbonyl (C=O) groups is 2. The molecular weight excluding hydrogens is 428 g/mol. The molecular formula is C21H13ClN2O5S. The number of non-ortho nitro benzene ring substituents is 1. The Kier molecular flexibility index (Phi) is 5.19. The first kappa shape index (κ1) is 19.9. The molecule has 0 aliphatic carbocycles. The number of nitro groups is 1. The Hall–Kier alpha value is -3.36. The van der Waals surface area contributed by atoms with Crippen LogP contribution in [0.1, 0.15) is 11.3 Å². The lowest BCUT2D eigenvalue weighted by Crippen LogP contribution is -2.27. The molecule has 0 saturated carbocycles. The summed E-state index contributed by atoms with van der Waals surface area (Å²) in [4.78, 5) is 36.9. The van der Waals surface area contributed by atoms with Crippen molar-refractivity contribution in [2.45, 2.75) is 6.92 Å². The lowest BCUT2D eigenvalue weighted by Gasteiger charge is -2.11. The van der Waals surface area contributed by atoms with E-state index in [4.69, 9.17) is 16.0 Å². The van der Waals surface area contributed by atoms with Crippen LogP contribution in [0.4, 0.5) is 16.2 Å². The number of rotatable bonds is 4. The Morgan fingerprint density at radius 3 is 2.53 bits per heavy atom. The second-order valence-corrected chi connectivity index (χ2v) is 7.88. The molecule has 30 heavy (non-hydrogen) atoms. The third-order valence-corrected chi connectivity index (χ3v) is 5.60. The number of amides is 2. The Bertz CT molecular complexity index is 1220. The van der Waals surface area contributed by atoms with Crippen LogP contribution in [0.5, 0.6) is 0 Å². The third kappa shape index (κ3) is 3.74. The summed E-state index contributed by atoms with van der Waals surface area (Å²) in [5.74, 6) is 0.327. The van der Waals surface area contributed by atoms with Crippen LogP contribution in [0.15, 0.2) is 63.9 Å². The van der Waals surface area contributed by atoms with E-state index >= 15 is 0 Å². The number of aryl methyl sites for hydroxylation is 1. The number of thioether (sulfide) groups is 1. The normalized spacial score (nSPS) is 15.3. The Balaban J connectivity index is 1.63. The summed E-state index contributed by atoms with van der Waals surface area (Å²) >= 11 is 6.67. The van der Waals surface area contributed by atoms with Crippen LogP contribution in [0.2, 0.25) is 5.02 Å². The highest BCUT2D eigenvalue weighted by Crippen LogP contribution is 2.37. The molecule has 2 aromatic carbocycles. The van der Waals surface area contributed by atoms with Gasteiger partial charge in [0.05, 0.1) is 15.5 Å². The summed E-state index contributed by atoms with van der Waals surface area (Å²) in [6.07, 6.45) is 1.48. The van der Waals surface area contributed by atoms with Gasteiger partial charge in [0.2, 0.25) is 0 Å². The minimum Gasteiger partial charge on any atom is -0.457 e. The molecule has 1 fully saturated rings. The van der Waals surface area contributed by atoms with Gasteiger partial charge in [0.25, 0.3) is 16.8 Å². The highest BCUT2D eigenvalue weighted by molar-refractivity contribution is 8.19. The maximum atomic E-state index is 12.7. The van der Waals surface area contributed by atoms with Crippen molar-refractivity contribution in [1.82, 2.24) is 0 Å². The van der Waals surface area contributed by atoms with Crippen molar-refractivity contribution in [3.8, 4) is 11.3 Å². The van der Waals surface area contributed by atoms with E-state index in [1.54, 1.807) is 42.5 Å². The summed E-state index contributed by atoms with van der Waals surface area (Å²) in [6.45, 7) is 1.82. The molecule has 2 heterocycles. The quantitative estimate of drug-likeness (QED) is 0.278. The average Bonchev–Trinajstić information content (AvgIpc) is 3.27. The predicted molar refractivity (Wildman–Crippen MR) is 115 cm³/mol. The van der Waals surface area contributed by atoms with Gasteiger partial charge in [-0.25, -0.2) is 4.90 Å². The van der Waals surface area contributed by atoms with Crippen LogP contribution >= 0.6 is 23.4 Å². The van der Waals surface area contributed by atoms with E-state index in [0.29, 0.717) is 27.8 Å². The average molecular weight is 441 g/mol. The zero-order valence-electron chi connectivity index (χ0n) is 15.5. The van der Waals surface area contributed by atoms with Gasteiger partial charge in [0.1, 0.15) is 11.5 Å².